The van der Waals surface area contributed by atoms with Crippen LogP contribution < -0.4 is 10.5 Å². The predicted molar refractivity (Wildman–Crippen MR) is 94.9 cm³/mol. The van der Waals surface area contributed by atoms with Crippen LogP contribution in [0.4, 0.5) is 0 Å². The van der Waals surface area contributed by atoms with E-state index >= 15 is 0 Å². The summed E-state index contributed by atoms with van der Waals surface area (Å²) in [4.78, 5) is 25.3. The average molecular weight is 393 g/mol. The fourth-order valence-electron chi connectivity index (χ4n) is 2.88. The highest BCUT2D eigenvalue weighted by Gasteiger charge is 2.31. The van der Waals surface area contributed by atoms with Gasteiger partial charge >= 0.3 is 0 Å². The van der Waals surface area contributed by atoms with E-state index < -0.39 is 15.9 Å². The molecular weight excluding hydrogens is 374 g/mol. The van der Waals surface area contributed by atoms with E-state index in [1.54, 1.807) is 12.1 Å². The largest absolute Gasteiger partial charge is 0.496 e. The first kappa shape index (κ1) is 18.9. The second-order valence-corrected chi connectivity index (χ2v) is 7.84. The molecule has 1 aromatic heterocycles. The normalized spacial score (nSPS) is 15.5. The fourth-order valence-corrected chi connectivity index (χ4v) is 4.33. The first-order chi connectivity index (χ1) is 12.8. The molecule has 0 spiro atoms. The lowest BCUT2D eigenvalue weighted by molar-refractivity contribution is 0.0666. The second-order valence-electron chi connectivity index (χ2n) is 5.90. The van der Waals surface area contributed by atoms with Gasteiger partial charge in [0.15, 0.2) is 5.76 Å². The minimum atomic E-state index is -3.84. The molecule has 144 valence electrons. The van der Waals surface area contributed by atoms with Crippen molar-refractivity contribution in [3.05, 3.63) is 47.9 Å². The Morgan fingerprint density at radius 1 is 1.15 bits per heavy atom. The number of rotatable bonds is 5. The molecular formula is C17H19N3O6S. The number of primary amides is 1. The van der Waals surface area contributed by atoms with Crippen molar-refractivity contribution in [1.82, 2.24) is 9.21 Å². The molecule has 2 N–H and O–H groups in total. The predicted octanol–water partition coefficient (Wildman–Crippen LogP) is 0.534. The zero-order valence-corrected chi connectivity index (χ0v) is 15.4. The molecule has 1 fully saturated rings. The smallest absolute Gasteiger partial charge is 0.289 e. The van der Waals surface area contributed by atoms with E-state index in [0.717, 1.165) is 0 Å². The van der Waals surface area contributed by atoms with Crippen molar-refractivity contribution in [3.63, 3.8) is 0 Å². The van der Waals surface area contributed by atoms with Gasteiger partial charge in [-0.2, -0.15) is 4.31 Å². The molecule has 0 radical (unpaired) electrons. The number of amides is 2. The Hall–Kier alpha value is -2.85. The lowest BCUT2D eigenvalue weighted by Crippen LogP contribution is -2.50. The summed E-state index contributed by atoms with van der Waals surface area (Å²) in [5.41, 5.74) is 5.29. The number of nitrogens with two attached hydrogens (primary N) is 1. The molecule has 0 unspecified atom stereocenters. The minimum absolute atomic E-state index is 0.00907. The van der Waals surface area contributed by atoms with Crippen LogP contribution in [-0.2, 0) is 10.0 Å². The van der Waals surface area contributed by atoms with Gasteiger partial charge in [-0.25, -0.2) is 8.42 Å². The number of furan rings is 1. The summed E-state index contributed by atoms with van der Waals surface area (Å²) < 4.78 is 37.1. The summed E-state index contributed by atoms with van der Waals surface area (Å²) >= 11 is 0. The van der Waals surface area contributed by atoms with Gasteiger partial charge in [0.05, 0.1) is 23.8 Å². The first-order valence-electron chi connectivity index (χ1n) is 8.15. The molecule has 1 aliphatic heterocycles. The highest BCUT2D eigenvalue weighted by Crippen LogP contribution is 2.25. The Labute approximate surface area is 156 Å². The molecule has 0 saturated carbocycles. The summed E-state index contributed by atoms with van der Waals surface area (Å²) in [5.74, 6) is -0.641. The number of carbonyl (C=O) groups is 2. The highest BCUT2D eigenvalue weighted by atomic mass is 32.2. The van der Waals surface area contributed by atoms with E-state index in [9.17, 15) is 18.0 Å². The van der Waals surface area contributed by atoms with Gasteiger partial charge in [-0.15, -0.1) is 0 Å². The van der Waals surface area contributed by atoms with Crippen molar-refractivity contribution in [2.24, 2.45) is 5.73 Å². The molecule has 0 bridgehead atoms. The Bertz CT molecular complexity index is 947. The van der Waals surface area contributed by atoms with Gasteiger partial charge < -0.3 is 19.8 Å². The van der Waals surface area contributed by atoms with Crippen LogP contribution in [0, 0.1) is 0 Å². The maximum absolute atomic E-state index is 12.9. The average Bonchev–Trinajstić information content (AvgIpc) is 3.21. The molecule has 9 nitrogen and oxygen atoms in total. The Kier molecular flexibility index (Phi) is 5.19. The fraction of sp³-hybridized carbons (Fsp3) is 0.294. The molecule has 2 heterocycles. The number of ether oxygens (including phenoxy) is 1. The molecule has 27 heavy (non-hydrogen) atoms. The molecule has 0 atom stereocenters. The van der Waals surface area contributed by atoms with Crippen LogP contribution in [0.5, 0.6) is 5.75 Å². The number of hydrogen-bond acceptors (Lipinski definition) is 6. The quantitative estimate of drug-likeness (QED) is 0.791. The van der Waals surface area contributed by atoms with Gasteiger partial charge in [0.25, 0.3) is 11.8 Å². The second kappa shape index (κ2) is 7.41. The number of hydrogen-bond donors (Lipinski definition) is 1. The van der Waals surface area contributed by atoms with Crippen LogP contribution in [0.2, 0.25) is 0 Å². The highest BCUT2D eigenvalue weighted by molar-refractivity contribution is 7.89. The van der Waals surface area contributed by atoms with Crippen molar-refractivity contribution < 1.29 is 27.2 Å². The number of carbonyl (C=O) groups excluding carboxylic acids is 2. The van der Waals surface area contributed by atoms with Crippen LogP contribution in [0.25, 0.3) is 0 Å². The number of sulfonamides is 1. The summed E-state index contributed by atoms with van der Waals surface area (Å²) in [6.07, 6.45) is 1.41. The number of nitrogens with zero attached hydrogens (tertiary/aromatic N) is 2. The van der Waals surface area contributed by atoms with Crippen molar-refractivity contribution in [2.75, 3.05) is 33.3 Å². The maximum atomic E-state index is 12.9. The molecule has 1 aromatic carbocycles. The van der Waals surface area contributed by atoms with E-state index in [1.807, 2.05) is 0 Å². The summed E-state index contributed by atoms with van der Waals surface area (Å²) in [7, 11) is -2.47. The zero-order chi connectivity index (χ0) is 19.6. The summed E-state index contributed by atoms with van der Waals surface area (Å²) in [5, 5.41) is 0. The van der Waals surface area contributed by atoms with Gasteiger partial charge in [0.2, 0.25) is 10.0 Å². The minimum Gasteiger partial charge on any atom is -0.496 e. The van der Waals surface area contributed by atoms with Gasteiger partial charge in [-0.3, -0.25) is 9.59 Å². The van der Waals surface area contributed by atoms with Crippen molar-refractivity contribution in [1.29, 1.82) is 0 Å². The van der Waals surface area contributed by atoms with Crippen molar-refractivity contribution in [3.8, 4) is 5.75 Å². The molecule has 1 saturated heterocycles. The molecule has 0 aliphatic carbocycles. The molecule has 3 rings (SSSR count). The van der Waals surface area contributed by atoms with Crippen LogP contribution in [0.15, 0.2) is 45.9 Å². The van der Waals surface area contributed by atoms with Crippen LogP contribution in [0.1, 0.15) is 20.9 Å². The zero-order valence-electron chi connectivity index (χ0n) is 14.6. The third-order valence-corrected chi connectivity index (χ3v) is 6.23. The SMILES string of the molecule is COc1ccc(S(=O)(=O)N2CCN(C(=O)c3ccco3)CC2)cc1C(N)=O. The van der Waals surface area contributed by atoms with Crippen LogP contribution in [-0.4, -0.2) is 62.7 Å². The Morgan fingerprint density at radius 3 is 2.41 bits per heavy atom. The molecule has 10 heteroatoms. The Morgan fingerprint density at radius 2 is 1.85 bits per heavy atom. The van der Waals surface area contributed by atoms with Crippen molar-refractivity contribution in [2.45, 2.75) is 4.90 Å². The summed E-state index contributed by atoms with van der Waals surface area (Å²) in [6.45, 7) is 0.731. The van der Waals surface area contributed by atoms with E-state index in [4.69, 9.17) is 14.9 Å². The van der Waals surface area contributed by atoms with Crippen molar-refractivity contribution >= 4 is 21.8 Å². The Balaban J connectivity index is 1.76. The third-order valence-electron chi connectivity index (χ3n) is 4.33. The van der Waals surface area contributed by atoms with E-state index in [1.165, 1.54) is 40.8 Å². The summed E-state index contributed by atoms with van der Waals surface area (Å²) in [6, 6.07) is 7.14. The molecule has 2 aromatic rings. The monoisotopic (exact) mass is 393 g/mol. The maximum Gasteiger partial charge on any atom is 0.289 e. The van der Waals surface area contributed by atoms with Gasteiger partial charge in [-0.05, 0) is 30.3 Å². The molecule has 2 amide bonds. The van der Waals surface area contributed by atoms with Gasteiger partial charge in [0.1, 0.15) is 5.75 Å². The lowest BCUT2D eigenvalue weighted by Gasteiger charge is -2.33. The first-order valence-corrected chi connectivity index (χ1v) is 9.59. The number of piperazine rings is 1. The van der Waals surface area contributed by atoms with E-state index in [-0.39, 0.29) is 54.1 Å². The van der Waals surface area contributed by atoms with E-state index in [0.29, 0.717) is 0 Å². The van der Waals surface area contributed by atoms with Crippen LogP contribution >= 0.6 is 0 Å². The molecule has 1 aliphatic rings. The standard InChI is InChI=1S/C17H19N3O6S/c1-25-14-5-4-12(11-13(14)16(18)21)27(23,24)20-8-6-19(7-9-20)17(22)15-3-2-10-26-15/h2-5,10-11H,6-9H2,1H3,(H2,18,21). The van der Waals surface area contributed by atoms with Gasteiger partial charge in [-0.1, -0.05) is 0 Å². The lowest BCUT2D eigenvalue weighted by atomic mass is 10.2. The van der Waals surface area contributed by atoms with Crippen LogP contribution in [0.3, 0.4) is 0 Å². The third kappa shape index (κ3) is 3.67. The topological polar surface area (TPSA) is 123 Å². The van der Waals surface area contributed by atoms with Gasteiger partial charge in [0, 0.05) is 26.2 Å². The number of methoxy groups -OCH3 is 1. The number of benzene rings is 1. The van der Waals surface area contributed by atoms with E-state index in [2.05, 4.69) is 0 Å².